The van der Waals surface area contributed by atoms with Gasteiger partial charge in [-0.2, -0.15) is 0 Å². The van der Waals surface area contributed by atoms with Gasteiger partial charge in [-0.25, -0.2) is 15.0 Å². The number of hydrogen-bond acceptors (Lipinski definition) is 5. The SMILES string of the molecule is CC(C)n1cnc2c(NCc3ccccc3)nc(/C=C/CCCO)nc21. The number of imidazole rings is 1. The molecule has 3 aromatic rings. The maximum absolute atomic E-state index is 8.91. The van der Waals surface area contributed by atoms with Gasteiger partial charge in [-0.15, -0.1) is 0 Å². The van der Waals surface area contributed by atoms with Gasteiger partial charge in [0.05, 0.1) is 6.33 Å². The van der Waals surface area contributed by atoms with E-state index in [1.807, 2.05) is 36.7 Å². The molecular weight excluding hydrogens is 326 g/mol. The van der Waals surface area contributed by atoms with Gasteiger partial charge in [0.15, 0.2) is 17.3 Å². The lowest BCUT2D eigenvalue weighted by molar-refractivity contribution is 0.290. The highest BCUT2D eigenvalue weighted by atomic mass is 16.2. The Morgan fingerprint density at radius 2 is 2.00 bits per heavy atom. The summed E-state index contributed by atoms with van der Waals surface area (Å²) >= 11 is 0. The predicted molar refractivity (Wildman–Crippen MR) is 105 cm³/mol. The minimum Gasteiger partial charge on any atom is -0.396 e. The fourth-order valence-corrected chi connectivity index (χ4v) is 2.69. The van der Waals surface area contributed by atoms with Gasteiger partial charge < -0.3 is 15.0 Å². The third kappa shape index (κ3) is 4.26. The second-order valence-electron chi connectivity index (χ2n) is 6.46. The predicted octanol–water partition coefficient (Wildman–Crippen LogP) is 3.81. The lowest BCUT2D eigenvalue weighted by atomic mass is 10.2. The van der Waals surface area contributed by atoms with E-state index in [0.717, 1.165) is 29.8 Å². The van der Waals surface area contributed by atoms with Crippen molar-refractivity contribution in [1.29, 1.82) is 0 Å². The fourth-order valence-electron chi connectivity index (χ4n) is 2.69. The summed E-state index contributed by atoms with van der Waals surface area (Å²) in [6, 6.07) is 10.5. The number of fused-ring (bicyclic) bond motifs is 1. The number of allylic oxidation sites excluding steroid dienone is 1. The van der Waals surface area contributed by atoms with Crippen LogP contribution in [-0.2, 0) is 6.54 Å². The van der Waals surface area contributed by atoms with Crippen molar-refractivity contribution in [1.82, 2.24) is 19.5 Å². The molecule has 0 amide bonds. The molecule has 0 aliphatic carbocycles. The molecule has 0 spiro atoms. The number of hydrogen-bond donors (Lipinski definition) is 2. The van der Waals surface area contributed by atoms with E-state index in [2.05, 4.69) is 50.8 Å². The minimum absolute atomic E-state index is 0.189. The van der Waals surface area contributed by atoms with Gasteiger partial charge >= 0.3 is 0 Å². The number of aliphatic hydroxyl groups is 1. The Morgan fingerprint density at radius 1 is 1.19 bits per heavy atom. The highest BCUT2D eigenvalue weighted by molar-refractivity contribution is 5.84. The van der Waals surface area contributed by atoms with Crippen LogP contribution in [0.2, 0.25) is 0 Å². The lowest BCUT2D eigenvalue weighted by Crippen LogP contribution is -2.06. The van der Waals surface area contributed by atoms with Crippen LogP contribution in [0.25, 0.3) is 17.2 Å². The molecule has 0 saturated carbocycles. The minimum atomic E-state index is 0.189. The van der Waals surface area contributed by atoms with Crippen molar-refractivity contribution in [2.45, 2.75) is 39.3 Å². The third-order valence-corrected chi connectivity index (χ3v) is 4.09. The van der Waals surface area contributed by atoms with Crippen molar-refractivity contribution in [2.24, 2.45) is 0 Å². The number of aromatic nitrogens is 4. The van der Waals surface area contributed by atoms with E-state index >= 15 is 0 Å². The Kier molecular flexibility index (Phi) is 5.96. The molecule has 2 N–H and O–H groups in total. The fraction of sp³-hybridized carbons (Fsp3) is 0.350. The number of anilines is 1. The summed E-state index contributed by atoms with van der Waals surface area (Å²) in [5, 5.41) is 12.3. The molecule has 0 saturated heterocycles. The van der Waals surface area contributed by atoms with Crippen LogP contribution >= 0.6 is 0 Å². The molecule has 1 aromatic carbocycles. The zero-order chi connectivity index (χ0) is 18.4. The molecule has 6 heteroatoms. The average Bonchev–Trinajstić information content (AvgIpc) is 3.08. The van der Waals surface area contributed by atoms with E-state index in [0.29, 0.717) is 12.4 Å². The molecule has 26 heavy (non-hydrogen) atoms. The highest BCUT2D eigenvalue weighted by Gasteiger charge is 2.13. The number of nitrogens with zero attached hydrogens (tertiary/aromatic N) is 4. The van der Waals surface area contributed by atoms with E-state index in [1.165, 1.54) is 5.56 Å². The maximum atomic E-state index is 8.91. The van der Waals surface area contributed by atoms with Crippen molar-refractivity contribution in [2.75, 3.05) is 11.9 Å². The Labute approximate surface area is 153 Å². The van der Waals surface area contributed by atoms with E-state index < -0.39 is 0 Å². The molecule has 0 fully saturated rings. The molecule has 2 aromatic heterocycles. The van der Waals surface area contributed by atoms with E-state index in [1.54, 1.807) is 0 Å². The molecule has 6 nitrogen and oxygen atoms in total. The van der Waals surface area contributed by atoms with Crippen LogP contribution in [-0.4, -0.2) is 31.2 Å². The van der Waals surface area contributed by atoms with Crippen LogP contribution in [0.1, 0.15) is 44.1 Å². The summed E-state index contributed by atoms with van der Waals surface area (Å²) in [5.41, 5.74) is 2.79. The summed E-state index contributed by atoms with van der Waals surface area (Å²) in [6.45, 7) is 5.08. The van der Waals surface area contributed by atoms with E-state index in [4.69, 9.17) is 5.11 Å². The Morgan fingerprint density at radius 3 is 2.73 bits per heavy atom. The Hall–Kier alpha value is -2.73. The van der Waals surface area contributed by atoms with Crippen molar-refractivity contribution < 1.29 is 5.11 Å². The summed E-state index contributed by atoms with van der Waals surface area (Å²) in [4.78, 5) is 13.8. The van der Waals surface area contributed by atoms with Crippen molar-refractivity contribution in [3.8, 4) is 0 Å². The standard InChI is InChI=1S/C20H25N5O/c1-15(2)25-14-22-18-19(21-13-16-9-5-3-6-10-16)23-17(24-20(18)25)11-7-4-8-12-26/h3,5-7,9-11,14-15,26H,4,8,12-13H2,1-2H3,(H,21,23,24)/b11-7+. The first-order valence-corrected chi connectivity index (χ1v) is 8.99. The first kappa shape index (κ1) is 18.1. The molecule has 0 radical (unpaired) electrons. The molecule has 2 heterocycles. The molecule has 0 aliphatic heterocycles. The quantitative estimate of drug-likeness (QED) is 0.604. The maximum Gasteiger partial charge on any atom is 0.166 e. The summed E-state index contributed by atoms with van der Waals surface area (Å²) in [7, 11) is 0. The van der Waals surface area contributed by atoms with Crippen LogP contribution in [0.4, 0.5) is 5.82 Å². The first-order chi connectivity index (χ1) is 12.7. The summed E-state index contributed by atoms with van der Waals surface area (Å²) in [5.74, 6) is 1.38. The summed E-state index contributed by atoms with van der Waals surface area (Å²) in [6.07, 6.45) is 7.25. The smallest absolute Gasteiger partial charge is 0.166 e. The van der Waals surface area contributed by atoms with Crippen LogP contribution in [0.5, 0.6) is 0 Å². The van der Waals surface area contributed by atoms with Gasteiger partial charge in [0.25, 0.3) is 0 Å². The van der Waals surface area contributed by atoms with Crippen molar-refractivity contribution in [3.63, 3.8) is 0 Å². The van der Waals surface area contributed by atoms with E-state index in [-0.39, 0.29) is 12.6 Å². The molecule has 0 unspecified atom stereocenters. The second-order valence-corrected chi connectivity index (χ2v) is 6.46. The number of nitrogens with one attached hydrogen (secondary N) is 1. The molecule has 0 aliphatic rings. The molecule has 3 rings (SSSR count). The first-order valence-electron chi connectivity index (χ1n) is 8.99. The second kappa shape index (κ2) is 8.58. The van der Waals surface area contributed by atoms with Gasteiger partial charge in [0, 0.05) is 19.2 Å². The van der Waals surface area contributed by atoms with Crippen LogP contribution in [0, 0.1) is 0 Å². The van der Waals surface area contributed by atoms with Gasteiger partial charge in [-0.3, -0.25) is 0 Å². The van der Waals surface area contributed by atoms with Crippen LogP contribution in [0.3, 0.4) is 0 Å². The normalized spacial score (nSPS) is 11.7. The number of rotatable bonds is 8. The Balaban J connectivity index is 1.92. The van der Waals surface area contributed by atoms with Gasteiger partial charge in [-0.1, -0.05) is 36.4 Å². The monoisotopic (exact) mass is 351 g/mol. The average molecular weight is 351 g/mol. The topological polar surface area (TPSA) is 75.9 Å². The molecular formula is C20H25N5O. The van der Waals surface area contributed by atoms with Crippen LogP contribution < -0.4 is 5.32 Å². The third-order valence-electron chi connectivity index (χ3n) is 4.09. The number of aliphatic hydroxyl groups excluding tert-OH is 1. The van der Waals surface area contributed by atoms with Gasteiger partial charge in [-0.05, 0) is 38.3 Å². The van der Waals surface area contributed by atoms with Gasteiger partial charge in [0.2, 0.25) is 0 Å². The highest BCUT2D eigenvalue weighted by Crippen LogP contribution is 2.22. The van der Waals surface area contributed by atoms with E-state index in [9.17, 15) is 0 Å². The molecule has 136 valence electrons. The van der Waals surface area contributed by atoms with Crippen molar-refractivity contribution >= 4 is 23.1 Å². The Bertz CT molecular complexity index is 871. The van der Waals surface area contributed by atoms with Crippen LogP contribution in [0.15, 0.2) is 42.7 Å². The largest absolute Gasteiger partial charge is 0.396 e. The number of unbranched alkanes of at least 4 members (excludes halogenated alkanes) is 1. The number of benzene rings is 1. The zero-order valence-electron chi connectivity index (χ0n) is 15.3. The molecule has 0 bridgehead atoms. The molecule has 0 atom stereocenters. The lowest BCUT2D eigenvalue weighted by Gasteiger charge is -2.10. The summed E-state index contributed by atoms with van der Waals surface area (Å²) < 4.78 is 2.05. The van der Waals surface area contributed by atoms with Crippen molar-refractivity contribution in [3.05, 3.63) is 54.1 Å². The van der Waals surface area contributed by atoms with Gasteiger partial charge in [0.1, 0.15) is 5.52 Å². The zero-order valence-corrected chi connectivity index (χ0v) is 15.3.